The lowest BCUT2D eigenvalue weighted by Crippen LogP contribution is -2.05. The number of nitrogens with zero attached hydrogens (tertiary/aromatic N) is 6. The molecule has 4 aromatic rings. The Morgan fingerprint density at radius 1 is 1.12 bits per heavy atom. The molecule has 3 aromatic heterocycles. The molecule has 1 atom stereocenters. The Bertz CT molecular complexity index is 982. The van der Waals surface area contributed by atoms with Crippen molar-refractivity contribution in [2.75, 3.05) is 7.11 Å². The lowest BCUT2D eigenvalue weighted by Gasteiger charge is -2.10. The lowest BCUT2D eigenvalue weighted by molar-refractivity contribution is 0.414. The second-order valence-electron chi connectivity index (χ2n) is 5.38. The van der Waals surface area contributed by atoms with Gasteiger partial charge in [0, 0.05) is 5.92 Å². The summed E-state index contributed by atoms with van der Waals surface area (Å²) in [7, 11) is 1.65. The molecule has 126 valence electrons. The first-order chi connectivity index (χ1) is 12.2. The van der Waals surface area contributed by atoms with Gasteiger partial charge in [-0.25, -0.2) is 4.98 Å². The smallest absolute Gasteiger partial charge is 0.214 e. The van der Waals surface area contributed by atoms with Crippen LogP contribution in [-0.4, -0.2) is 42.1 Å². The van der Waals surface area contributed by atoms with Gasteiger partial charge in [-0.15, -0.1) is 15.3 Å². The number of ether oxygens (including phenoxy) is 1. The third kappa shape index (κ3) is 3.05. The fourth-order valence-corrected chi connectivity index (χ4v) is 3.14. The van der Waals surface area contributed by atoms with Crippen molar-refractivity contribution in [2.45, 2.75) is 23.0 Å². The van der Waals surface area contributed by atoms with Gasteiger partial charge in [0.05, 0.1) is 7.11 Å². The number of aromatic nitrogens is 7. The second kappa shape index (κ2) is 6.52. The van der Waals surface area contributed by atoms with Gasteiger partial charge in [0.2, 0.25) is 5.16 Å². The number of hydrogen-bond donors (Lipinski definition) is 1. The molecule has 25 heavy (non-hydrogen) atoms. The van der Waals surface area contributed by atoms with E-state index in [1.807, 2.05) is 36.4 Å². The average molecular weight is 353 g/mol. The summed E-state index contributed by atoms with van der Waals surface area (Å²) in [5.41, 5.74) is 1.82. The lowest BCUT2D eigenvalue weighted by atomic mass is 10.0. The molecule has 0 unspecified atom stereocenters. The van der Waals surface area contributed by atoms with E-state index in [2.05, 4.69) is 37.4 Å². The Labute approximate surface area is 147 Å². The Morgan fingerprint density at radius 2 is 1.96 bits per heavy atom. The normalized spacial score (nSPS) is 12.4. The van der Waals surface area contributed by atoms with Gasteiger partial charge in [0.1, 0.15) is 17.1 Å². The first-order valence-electron chi connectivity index (χ1n) is 7.64. The minimum atomic E-state index is 0.0390. The summed E-state index contributed by atoms with van der Waals surface area (Å²) in [6.07, 6.45) is 1.54. The third-order valence-corrected chi connectivity index (χ3v) is 4.66. The average Bonchev–Trinajstić information content (AvgIpc) is 3.30. The SMILES string of the molecule is COc1ccc([C@H](C)c2nnc3ccc(Sc4nc[nH]n4)nn23)cc1. The standard InChI is InChI=1S/C16H15N7OS/c1-10(11-3-5-12(24-2)6-4-11)15-20-19-13-7-8-14(22-23(13)15)25-16-17-9-18-21-16/h3-10H,1-2H3,(H,17,18,21)/t10-/m0/s1. The van der Waals surface area contributed by atoms with Crippen LogP contribution in [0.5, 0.6) is 5.75 Å². The van der Waals surface area contributed by atoms with Gasteiger partial charge in [0.15, 0.2) is 11.5 Å². The van der Waals surface area contributed by atoms with Crippen LogP contribution < -0.4 is 4.74 Å². The molecule has 0 fully saturated rings. The Balaban J connectivity index is 1.68. The number of nitrogens with one attached hydrogen (secondary N) is 1. The number of hydrogen-bond acceptors (Lipinski definition) is 7. The van der Waals surface area contributed by atoms with Crippen LogP contribution in [0.1, 0.15) is 24.2 Å². The van der Waals surface area contributed by atoms with Gasteiger partial charge in [-0.2, -0.15) is 9.61 Å². The van der Waals surface area contributed by atoms with Crippen molar-refractivity contribution in [3.63, 3.8) is 0 Å². The van der Waals surface area contributed by atoms with Crippen molar-refractivity contribution < 1.29 is 4.74 Å². The molecule has 0 saturated heterocycles. The molecule has 0 amide bonds. The van der Waals surface area contributed by atoms with Gasteiger partial charge in [-0.1, -0.05) is 19.1 Å². The molecule has 3 heterocycles. The van der Waals surface area contributed by atoms with Crippen LogP contribution in [0.4, 0.5) is 0 Å². The van der Waals surface area contributed by atoms with Crippen molar-refractivity contribution in [1.29, 1.82) is 0 Å². The van der Waals surface area contributed by atoms with Gasteiger partial charge >= 0.3 is 0 Å². The van der Waals surface area contributed by atoms with E-state index in [9.17, 15) is 0 Å². The first kappa shape index (κ1) is 15.6. The molecule has 8 nitrogen and oxygen atoms in total. The van der Waals surface area contributed by atoms with Crippen molar-refractivity contribution in [3.8, 4) is 5.75 Å². The molecule has 0 spiro atoms. The largest absolute Gasteiger partial charge is 0.497 e. The predicted octanol–water partition coefficient (Wildman–Crippen LogP) is 2.55. The van der Waals surface area contributed by atoms with E-state index in [0.717, 1.165) is 22.2 Å². The molecule has 0 aliphatic heterocycles. The maximum atomic E-state index is 5.21. The van der Waals surface area contributed by atoms with Crippen LogP contribution in [-0.2, 0) is 0 Å². The van der Waals surface area contributed by atoms with Gasteiger partial charge in [-0.3, -0.25) is 5.10 Å². The van der Waals surface area contributed by atoms with Crippen molar-refractivity contribution in [2.24, 2.45) is 0 Å². The zero-order valence-electron chi connectivity index (χ0n) is 13.6. The van der Waals surface area contributed by atoms with E-state index >= 15 is 0 Å². The van der Waals surface area contributed by atoms with Crippen LogP contribution in [0.15, 0.2) is 52.9 Å². The molecular formula is C16H15N7OS. The molecule has 4 rings (SSSR count). The summed E-state index contributed by atoms with van der Waals surface area (Å²) >= 11 is 1.38. The molecule has 0 radical (unpaired) electrons. The highest BCUT2D eigenvalue weighted by Crippen LogP contribution is 2.26. The van der Waals surface area contributed by atoms with Crippen LogP contribution in [0.2, 0.25) is 0 Å². The number of aromatic amines is 1. The first-order valence-corrected chi connectivity index (χ1v) is 8.46. The van der Waals surface area contributed by atoms with E-state index in [0.29, 0.717) is 10.8 Å². The Kier molecular flexibility index (Phi) is 4.06. The summed E-state index contributed by atoms with van der Waals surface area (Å²) in [4.78, 5) is 4.10. The molecule has 1 aromatic carbocycles. The van der Waals surface area contributed by atoms with E-state index < -0.39 is 0 Å². The van der Waals surface area contributed by atoms with Crippen molar-refractivity contribution in [1.82, 2.24) is 35.0 Å². The number of rotatable bonds is 5. The Morgan fingerprint density at radius 3 is 2.68 bits per heavy atom. The molecule has 0 saturated carbocycles. The van der Waals surface area contributed by atoms with E-state index in [-0.39, 0.29) is 5.92 Å². The van der Waals surface area contributed by atoms with Gasteiger partial charge < -0.3 is 4.74 Å². The zero-order chi connectivity index (χ0) is 17.2. The van der Waals surface area contributed by atoms with E-state index in [1.54, 1.807) is 11.6 Å². The third-order valence-electron chi connectivity index (χ3n) is 3.85. The van der Waals surface area contributed by atoms with Crippen molar-refractivity contribution in [3.05, 3.63) is 54.1 Å². The Hall–Kier alpha value is -2.94. The van der Waals surface area contributed by atoms with Crippen LogP contribution in [0, 0.1) is 0 Å². The maximum Gasteiger partial charge on any atom is 0.214 e. The highest BCUT2D eigenvalue weighted by molar-refractivity contribution is 7.99. The maximum absolute atomic E-state index is 5.21. The number of methoxy groups -OCH3 is 1. The van der Waals surface area contributed by atoms with Gasteiger partial charge in [0.25, 0.3) is 0 Å². The monoisotopic (exact) mass is 353 g/mol. The molecular weight excluding hydrogens is 338 g/mol. The fourth-order valence-electron chi connectivity index (χ4n) is 2.49. The number of benzene rings is 1. The number of H-pyrrole nitrogens is 1. The molecule has 0 aliphatic rings. The van der Waals surface area contributed by atoms with Crippen LogP contribution >= 0.6 is 11.8 Å². The summed E-state index contributed by atoms with van der Waals surface area (Å²) < 4.78 is 6.98. The summed E-state index contributed by atoms with van der Waals surface area (Å²) in [6, 6.07) is 11.7. The van der Waals surface area contributed by atoms with Crippen molar-refractivity contribution >= 4 is 17.4 Å². The fraction of sp³-hybridized carbons (Fsp3) is 0.188. The summed E-state index contributed by atoms with van der Waals surface area (Å²) in [5.74, 6) is 1.64. The minimum absolute atomic E-state index is 0.0390. The molecule has 0 bridgehead atoms. The van der Waals surface area contributed by atoms with E-state index in [4.69, 9.17) is 4.74 Å². The molecule has 9 heteroatoms. The van der Waals surface area contributed by atoms with Crippen LogP contribution in [0.3, 0.4) is 0 Å². The molecule has 1 N–H and O–H groups in total. The minimum Gasteiger partial charge on any atom is -0.497 e. The topological polar surface area (TPSA) is 93.9 Å². The highest BCUT2D eigenvalue weighted by atomic mass is 32.2. The molecule has 0 aliphatic carbocycles. The summed E-state index contributed by atoms with van der Waals surface area (Å²) in [5, 5.41) is 21.3. The number of fused-ring (bicyclic) bond motifs is 1. The van der Waals surface area contributed by atoms with Gasteiger partial charge in [-0.05, 0) is 41.6 Å². The second-order valence-corrected chi connectivity index (χ2v) is 6.37. The predicted molar refractivity (Wildman–Crippen MR) is 91.8 cm³/mol. The highest BCUT2D eigenvalue weighted by Gasteiger charge is 2.17. The summed E-state index contributed by atoms with van der Waals surface area (Å²) in [6.45, 7) is 2.08. The van der Waals surface area contributed by atoms with Crippen LogP contribution in [0.25, 0.3) is 5.65 Å². The zero-order valence-corrected chi connectivity index (χ0v) is 14.4. The quantitative estimate of drug-likeness (QED) is 0.589. The van der Waals surface area contributed by atoms with E-state index in [1.165, 1.54) is 18.1 Å².